The Hall–Kier alpha value is -1.88. The second-order valence-electron chi connectivity index (χ2n) is 5.76. The summed E-state index contributed by atoms with van der Waals surface area (Å²) in [4.78, 5) is 18.9. The molecule has 0 radical (unpaired) electrons. The Bertz CT molecular complexity index is 647. The highest BCUT2D eigenvalue weighted by molar-refractivity contribution is 9.10. The molecule has 1 saturated heterocycles. The van der Waals surface area contributed by atoms with E-state index in [0.29, 0.717) is 11.4 Å². The molecule has 0 spiro atoms. The van der Waals surface area contributed by atoms with Gasteiger partial charge in [-0.2, -0.15) is 0 Å². The summed E-state index contributed by atoms with van der Waals surface area (Å²) in [5.41, 5.74) is 1.75. The summed E-state index contributed by atoms with van der Waals surface area (Å²) in [5.74, 6) is 0.434. The maximum atomic E-state index is 12.2. The molecule has 120 valence electrons. The maximum absolute atomic E-state index is 12.2. The molecule has 2 aromatic rings. The third-order valence-electron chi connectivity index (χ3n) is 4.07. The first-order valence-corrected chi connectivity index (χ1v) is 8.79. The van der Waals surface area contributed by atoms with E-state index in [1.807, 2.05) is 30.5 Å². The zero-order valence-corrected chi connectivity index (χ0v) is 14.6. The van der Waals surface area contributed by atoms with Gasteiger partial charge in [0.15, 0.2) is 0 Å². The Balaban J connectivity index is 1.64. The van der Waals surface area contributed by atoms with Gasteiger partial charge < -0.3 is 10.2 Å². The monoisotopic (exact) mass is 373 g/mol. The van der Waals surface area contributed by atoms with Crippen LogP contribution in [0.2, 0.25) is 0 Å². The van der Waals surface area contributed by atoms with Crippen molar-refractivity contribution in [2.45, 2.75) is 25.7 Å². The highest BCUT2D eigenvalue weighted by Crippen LogP contribution is 2.20. The molecule has 1 aromatic heterocycles. The van der Waals surface area contributed by atoms with Gasteiger partial charge in [0.2, 0.25) is 0 Å². The molecule has 0 saturated carbocycles. The number of anilines is 2. The molecular formula is C18H20BrN3O. The van der Waals surface area contributed by atoms with Gasteiger partial charge in [-0.15, -0.1) is 0 Å². The lowest BCUT2D eigenvalue weighted by molar-refractivity contribution is 0.102. The lowest BCUT2D eigenvalue weighted by Crippen LogP contribution is -2.24. The van der Waals surface area contributed by atoms with Crippen LogP contribution in [0.5, 0.6) is 0 Å². The van der Waals surface area contributed by atoms with E-state index in [1.54, 1.807) is 12.1 Å². The Morgan fingerprint density at radius 2 is 1.70 bits per heavy atom. The molecule has 1 fully saturated rings. The number of halogens is 1. The van der Waals surface area contributed by atoms with Crippen LogP contribution in [-0.4, -0.2) is 24.0 Å². The summed E-state index contributed by atoms with van der Waals surface area (Å²) >= 11 is 3.36. The first-order valence-electron chi connectivity index (χ1n) is 8.00. The fourth-order valence-electron chi connectivity index (χ4n) is 2.77. The minimum atomic E-state index is -0.146. The molecule has 0 atom stereocenters. The van der Waals surface area contributed by atoms with Gasteiger partial charge in [0.05, 0.1) is 11.9 Å². The predicted octanol–water partition coefficient (Wildman–Crippen LogP) is 4.48. The Labute approximate surface area is 145 Å². The SMILES string of the molecule is O=C(Nc1ccc(N2CCCCCC2)cn1)c1ccc(Br)cc1. The Morgan fingerprint density at radius 1 is 1.00 bits per heavy atom. The van der Waals surface area contributed by atoms with Crippen molar-refractivity contribution < 1.29 is 4.79 Å². The van der Waals surface area contributed by atoms with E-state index in [9.17, 15) is 4.79 Å². The van der Waals surface area contributed by atoms with Crippen molar-refractivity contribution >= 4 is 33.3 Å². The number of hydrogen-bond donors (Lipinski definition) is 1. The Kier molecular flexibility index (Phi) is 5.28. The molecule has 0 aliphatic carbocycles. The van der Waals surface area contributed by atoms with Crippen LogP contribution in [0.1, 0.15) is 36.0 Å². The van der Waals surface area contributed by atoms with Gasteiger partial charge in [-0.1, -0.05) is 28.8 Å². The average molecular weight is 374 g/mol. The van der Waals surface area contributed by atoms with Crippen LogP contribution in [0.15, 0.2) is 47.1 Å². The largest absolute Gasteiger partial charge is 0.370 e. The second-order valence-corrected chi connectivity index (χ2v) is 6.68. The average Bonchev–Trinajstić information content (AvgIpc) is 2.85. The minimum absolute atomic E-state index is 0.146. The minimum Gasteiger partial charge on any atom is -0.370 e. The van der Waals surface area contributed by atoms with E-state index in [1.165, 1.54) is 25.7 Å². The van der Waals surface area contributed by atoms with Crippen molar-refractivity contribution in [3.8, 4) is 0 Å². The van der Waals surface area contributed by atoms with E-state index >= 15 is 0 Å². The van der Waals surface area contributed by atoms with Gasteiger partial charge in [0, 0.05) is 23.1 Å². The van der Waals surface area contributed by atoms with Crippen LogP contribution >= 0.6 is 15.9 Å². The normalized spacial score (nSPS) is 15.1. The molecule has 0 bridgehead atoms. The summed E-state index contributed by atoms with van der Waals surface area (Å²) in [6.07, 6.45) is 6.95. The first kappa shape index (κ1) is 16.0. The Morgan fingerprint density at radius 3 is 2.30 bits per heavy atom. The van der Waals surface area contributed by atoms with Crippen LogP contribution < -0.4 is 10.2 Å². The van der Waals surface area contributed by atoms with E-state index in [4.69, 9.17) is 0 Å². The van der Waals surface area contributed by atoms with E-state index in [2.05, 4.69) is 31.1 Å². The van der Waals surface area contributed by atoms with Crippen LogP contribution in [0.3, 0.4) is 0 Å². The highest BCUT2D eigenvalue weighted by atomic mass is 79.9. The molecular weight excluding hydrogens is 354 g/mol. The smallest absolute Gasteiger partial charge is 0.256 e. The van der Waals surface area contributed by atoms with E-state index in [0.717, 1.165) is 23.2 Å². The molecule has 4 nitrogen and oxygen atoms in total. The molecule has 3 rings (SSSR count). The number of rotatable bonds is 3. The number of carbonyl (C=O) groups excluding carboxylic acids is 1. The molecule has 23 heavy (non-hydrogen) atoms. The van der Waals surface area contributed by atoms with Gasteiger partial charge in [-0.25, -0.2) is 4.98 Å². The second kappa shape index (κ2) is 7.59. The molecule has 1 aliphatic rings. The highest BCUT2D eigenvalue weighted by Gasteiger charge is 2.11. The lowest BCUT2D eigenvalue weighted by Gasteiger charge is -2.22. The third kappa shape index (κ3) is 4.32. The fraction of sp³-hybridized carbons (Fsp3) is 0.333. The molecule has 0 unspecified atom stereocenters. The van der Waals surface area contributed by atoms with Crippen molar-refractivity contribution in [2.24, 2.45) is 0 Å². The van der Waals surface area contributed by atoms with Crippen LogP contribution in [0.25, 0.3) is 0 Å². The lowest BCUT2D eigenvalue weighted by atomic mass is 10.2. The van der Waals surface area contributed by atoms with Crippen LogP contribution in [-0.2, 0) is 0 Å². The van der Waals surface area contributed by atoms with E-state index in [-0.39, 0.29) is 5.91 Å². The number of hydrogen-bond acceptors (Lipinski definition) is 3. The number of nitrogens with zero attached hydrogens (tertiary/aromatic N) is 2. The number of aromatic nitrogens is 1. The summed E-state index contributed by atoms with van der Waals surface area (Å²) in [6, 6.07) is 11.2. The summed E-state index contributed by atoms with van der Waals surface area (Å²) in [5, 5.41) is 2.84. The van der Waals surface area contributed by atoms with Crippen molar-refractivity contribution in [2.75, 3.05) is 23.3 Å². The van der Waals surface area contributed by atoms with Crippen LogP contribution in [0, 0.1) is 0 Å². The molecule has 1 aromatic carbocycles. The number of amides is 1. The molecule has 5 heteroatoms. The molecule has 1 amide bonds. The number of pyridine rings is 1. The van der Waals surface area contributed by atoms with Crippen molar-refractivity contribution in [3.05, 3.63) is 52.6 Å². The molecule has 1 aliphatic heterocycles. The van der Waals surface area contributed by atoms with E-state index < -0.39 is 0 Å². The maximum Gasteiger partial charge on any atom is 0.256 e. The molecule has 2 heterocycles. The first-order chi connectivity index (χ1) is 11.2. The summed E-state index contributed by atoms with van der Waals surface area (Å²) < 4.78 is 0.953. The van der Waals surface area contributed by atoms with Crippen molar-refractivity contribution in [1.29, 1.82) is 0 Å². The predicted molar refractivity (Wildman–Crippen MR) is 97.0 cm³/mol. The summed E-state index contributed by atoms with van der Waals surface area (Å²) in [7, 11) is 0. The number of carbonyl (C=O) groups is 1. The van der Waals surface area contributed by atoms with Gasteiger partial charge in [0.1, 0.15) is 5.82 Å². The standard InChI is InChI=1S/C18H20BrN3O/c19-15-7-5-14(6-8-15)18(23)21-17-10-9-16(13-20-17)22-11-3-1-2-4-12-22/h5-10,13H,1-4,11-12H2,(H,20,21,23). The van der Waals surface area contributed by atoms with Crippen LogP contribution in [0.4, 0.5) is 11.5 Å². The molecule has 1 N–H and O–H groups in total. The zero-order valence-electron chi connectivity index (χ0n) is 13.0. The third-order valence-corrected chi connectivity index (χ3v) is 4.60. The van der Waals surface area contributed by atoms with Gasteiger partial charge >= 0.3 is 0 Å². The van der Waals surface area contributed by atoms with Gasteiger partial charge in [-0.05, 0) is 49.2 Å². The quantitative estimate of drug-likeness (QED) is 0.862. The number of benzene rings is 1. The van der Waals surface area contributed by atoms with Crippen molar-refractivity contribution in [3.63, 3.8) is 0 Å². The zero-order chi connectivity index (χ0) is 16.1. The van der Waals surface area contributed by atoms with Gasteiger partial charge in [-0.3, -0.25) is 4.79 Å². The van der Waals surface area contributed by atoms with Crippen molar-refractivity contribution in [1.82, 2.24) is 4.98 Å². The fourth-order valence-corrected chi connectivity index (χ4v) is 3.03. The van der Waals surface area contributed by atoms with Gasteiger partial charge in [0.25, 0.3) is 5.91 Å². The summed E-state index contributed by atoms with van der Waals surface area (Å²) in [6.45, 7) is 2.18. The topological polar surface area (TPSA) is 45.2 Å². The number of nitrogens with one attached hydrogen (secondary N) is 1.